The van der Waals surface area contributed by atoms with Crippen LogP contribution in [0, 0.1) is 13.8 Å². The summed E-state index contributed by atoms with van der Waals surface area (Å²) in [5.74, 6) is -0.0395. The van der Waals surface area contributed by atoms with Gasteiger partial charge >= 0.3 is 5.63 Å². The maximum absolute atomic E-state index is 13.0. The zero-order chi connectivity index (χ0) is 18.3. The Labute approximate surface area is 149 Å². The van der Waals surface area contributed by atoms with Gasteiger partial charge in [-0.3, -0.25) is 4.79 Å². The van der Waals surface area contributed by atoms with Crippen LogP contribution in [0.5, 0.6) is 0 Å². The molecule has 26 heavy (non-hydrogen) atoms. The average Bonchev–Trinajstić information content (AvgIpc) is 3.22. The third-order valence-electron chi connectivity index (χ3n) is 4.90. The van der Waals surface area contributed by atoms with Gasteiger partial charge in [0.2, 0.25) is 5.91 Å². The van der Waals surface area contributed by atoms with Crippen LogP contribution in [0.15, 0.2) is 38.1 Å². The summed E-state index contributed by atoms with van der Waals surface area (Å²) in [5.41, 5.74) is 3.16. The zero-order valence-corrected chi connectivity index (χ0v) is 14.7. The third kappa shape index (κ3) is 2.89. The van der Waals surface area contributed by atoms with Crippen molar-refractivity contribution < 1.29 is 13.8 Å². The SMILES string of the molecule is Cc1ccc2c(CC(=O)N3CCCC3c3nonc3C)cc(=O)oc2c1. The number of aryl methyl sites for hydroxylation is 2. The van der Waals surface area contributed by atoms with E-state index in [-0.39, 0.29) is 18.4 Å². The lowest BCUT2D eigenvalue weighted by Crippen LogP contribution is -2.32. The summed E-state index contributed by atoms with van der Waals surface area (Å²) in [6.07, 6.45) is 1.88. The van der Waals surface area contributed by atoms with Crippen molar-refractivity contribution in [3.05, 3.63) is 57.2 Å². The van der Waals surface area contributed by atoms with Gasteiger partial charge in [0.25, 0.3) is 0 Å². The van der Waals surface area contributed by atoms with Crippen molar-refractivity contribution in [1.29, 1.82) is 0 Å². The highest BCUT2D eigenvalue weighted by molar-refractivity contribution is 5.87. The molecular formula is C19H19N3O4. The Kier molecular flexibility index (Phi) is 4.06. The van der Waals surface area contributed by atoms with E-state index < -0.39 is 5.63 Å². The lowest BCUT2D eigenvalue weighted by molar-refractivity contribution is -0.131. The lowest BCUT2D eigenvalue weighted by Gasteiger charge is -2.23. The highest BCUT2D eigenvalue weighted by atomic mass is 16.6. The molecule has 1 amide bonds. The maximum atomic E-state index is 13.0. The van der Waals surface area contributed by atoms with Crippen molar-refractivity contribution in [2.24, 2.45) is 0 Å². The van der Waals surface area contributed by atoms with E-state index in [9.17, 15) is 9.59 Å². The van der Waals surface area contributed by atoms with Crippen LogP contribution >= 0.6 is 0 Å². The van der Waals surface area contributed by atoms with Gasteiger partial charge in [0.05, 0.1) is 12.5 Å². The average molecular weight is 353 g/mol. The number of likely N-dealkylation sites (tertiary alicyclic amines) is 1. The van der Waals surface area contributed by atoms with Gasteiger partial charge in [-0.05, 0) is 43.9 Å². The van der Waals surface area contributed by atoms with Gasteiger partial charge in [0, 0.05) is 18.0 Å². The summed E-state index contributed by atoms with van der Waals surface area (Å²) >= 11 is 0. The van der Waals surface area contributed by atoms with Gasteiger partial charge in [-0.1, -0.05) is 22.4 Å². The highest BCUT2D eigenvalue weighted by Crippen LogP contribution is 2.33. The van der Waals surface area contributed by atoms with Crippen molar-refractivity contribution in [3.63, 3.8) is 0 Å². The summed E-state index contributed by atoms with van der Waals surface area (Å²) < 4.78 is 10.1. The van der Waals surface area contributed by atoms with E-state index in [0.29, 0.717) is 29.1 Å². The Hall–Kier alpha value is -2.96. The molecule has 7 heteroatoms. The first-order valence-electron chi connectivity index (χ1n) is 8.65. The van der Waals surface area contributed by atoms with Crippen molar-refractivity contribution >= 4 is 16.9 Å². The summed E-state index contributed by atoms with van der Waals surface area (Å²) in [5, 5.41) is 8.58. The molecule has 2 aromatic heterocycles. The minimum atomic E-state index is -0.444. The minimum Gasteiger partial charge on any atom is -0.423 e. The van der Waals surface area contributed by atoms with Crippen LogP contribution in [0.4, 0.5) is 0 Å². The summed E-state index contributed by atoms with van der Waals surface area (Å²) in [6.45, 7) is 4.42. The molecule has 4 rings (SSSR count). The normalized spacial score (nSPS) is 17.2. The molecule has 3 heterocycles. The van der Waals surface area contributed by atoms with Gasteiger partial charge < -0.3 is 9.32 Å². The molecule has 0 saturated carbocycles. The van der Waals surface area contributed by atoms with Crippen LogP contribution in [-0.2, 0) is 11.2 Å². The van der Waals surface area contributed by atoms with E-state index in [4.69, 9.17) is 9.05 Å². The number of rotatable bonds is 3. The maximum Gasteiger partial charge on any atom is 0.336 e. The van der Waals surface area contributed by atoms with Gasteiger partial charge in [-0.25, -0.2) is 9.42 Å². The number of aromatic nitrogens is 2. The molecule has 0 aliphatic carbocycles. The quantitative estimate of drug-likeness (QED) is 0.673. The number of carbonyl (C=O) groups excluding carboxylic acids is 1. The molecule has 1 unspecified atom stereocenters. The summed E-state index contributed by atoms with van der Waals surface area (Å²) in [4.78, 5) is 26.7. The second kappa shape index (κ2) is 6.40. The molecule has 0 radical (unpaired) electrons. The molecule has 7 nitrogen and oxygen atoms in total. The molecule has 0 bridgehead atoms. The van der Waals surface area contributed by atoms with E-state index in [1.54, 1.807) is 4.90 Å². The monoisotopic (exact) mass is 353 g/mol. The molecule has 1 aliphatic rings. The summed E-state index contributed by atoms with van der Waals surface area (Å²) in [7, 11) is 0. The number of fused-ring (bicyclic) bond motifs is 1. The van der Waals surface area contributed by atoms with E-state index in [0.717, 1.165) is 23.8 Å². The molecule has 1 saturated heterocycles. The van der Waals surface area contributed by atoms with Gasteiger partial charge in [-0.2, -0.15) is 0 Å². The van der Waals surface area contributed by atoms with Crippen LogP contribution in [0.2, 0.25) is 0 Å². The summed E-state index contributed by atoms with van der Waals surface area (Å²) in [6, 6.07) is 6.93. The Morgan fingerprint density at radius 2 is 2.12 bits per heavy atom. The van der Waals surface area contributed by atoms with Gasteiger partial charge in [-0.15, -0.1) is 0 Å². The van der Waals surface area contributed by atoms with Crippen molar-refractivity contribution in [2.45, 2.75) is 39.2 Å². The van der Waals surface area contributed by atoms with Crippen molar-refractivity contribution in [2.75, 3.05) is 6.54 Å². The Bertz CT molecular complexity index is 1040. The number of carbonyl (C=O) groups is 1. The second-order valence-corrected chi connectivity index (χ2v) is 6.75. The standard InChI is InChI=1S/C19H19N3O4/c1-11-5-6-14-13(10-18(24)25-16(14)8-11)9-17(23)22-7-3-4-15(22)19-12(2)20-26-21-19/h5-6,8,10,15H,3-4,7,9H2,1-2H3. The number of amides is 1. The van der Waals surface area contributed by atoms with Crippen molar-refractivity contribution in [1.82, 2.24) is 15.2 Å². The van der Waals surface area contributed by atoms with E-state index in [1.165, 1.54) is 6.07 Å². The minimum absolute atomic E-state index is 0.0395. The van der Waals surface area contributed by atoms with E-state index >= 15 is 0 Å². The predicted octanol–water partition coefficient (Wildman–Crippen LogP) is 2.70. The van der Waals surface area contributed by atoms with Crippen molar-refractivity contribution in [3.8, 4) is 0 Å². The van der Waals surface area contributed by atoms with E-state index in [2.05, 4.69) is 10.3 Å². The third-order valence-corrected chi connectivity index (χ3v) is 4.90. The van der Waals surface area contributed by atoms with Crippen LogP contribution in [0.1, 0.15) is 41.4 Å². The smallest absolute Gasteiger partial charge is 0.336 e. The molecule has 1 fully saturated rings. The Balaban J connectivity index is 1.65. The van der Waals surface area contributed by atoms with Gasteiger partial charge in [0.15, 0.2) is 0 Å². The zero-order valence-electron chi connectivity index (χ0n) is 14.7. The van der Waals surface area contributed by atoms with Gasteiger partial charge in [0.1, 0.15) is 17.0 Å². The topological polar surface area (TPSA) is 89.4 Å². The number of hydrogen-bond donors (Lipinski definition) is 0. The molecule has 1 atom stereocenters. The molecular weight excluding hydrogens is 334 g/mol. The first kappa shape index (κ1) is 16.5. The molecule has 134 valence electrons. The Morgan fingerprint density at radius 1 is 1.27 bits per heavy atom. The van der Waals surface area contributed by atoms with Crippen LogP contribution in [0.25, 0.3) is 11.0 Å². The lowest BCUT2D eigenvalue weighted by atomic mass is 10.0. The number of nitrogens with zero attached hydrogens (tertiary/aromatic N) is 3. The number of hydrogen-bond acceptors (Lipinski definition) is 6. The van der Waals surface area contributed by atoms with E-state index in [1.807, 2.05) is 32.0 Å². The number of benzene rings is 1. The fourth-order valence-corrected chi connectivity index (χ4v) is 3.64. The largest absolute Gasteiger partial charge is 0.423 e. The fraction of sp³-hybridized carbons (Fsp3) is 0.368. The Morgan fingerprint density at radius 3 is 2.88 bits per heavy atom. The van der Waals surface area contributed by atoms with Crippen LogP contribution < -0.4 is 5.63 Å². The first-order chi connectivity index (χ1) is 12.5. The molecule has 3 aromatic rings. The highest BCUT2D eigenvalue weighted by Gasteiger charge is 2.33. The first-order valence-corrected chi connectivity index (χ1v) is 8.65. The van der Waals surface area contributed by atoms with Crippen LogP contribution in [0.3, 0.4) is 0 Å². The molecule has 0 spiro atoms. The van der Waals surface area contributed by atoms with Crippen LogP contribution in [-0.4, -0.2) is 27.7 Å². The second-order valence-electron chi connectivity index (χ2n) is 6.75. The fourth-order valence-electron chi connectivity index (χ4n) is 3.64. The predicted molar refractivity (Wildman–Crippen MR) is 93.6 cm³/mol. The molecule has 1 aliphatic heterocycles. The molecule has 0 N–H and O–H groups in total. The molecule has 1 aromatic carbocycles.